The third-order valence-electron chi connectivity index (χ3n) is 5.50. The number of rotatable bonds is 8. The van der Waals surface area contributed by atoms with Gasteiger partial charge in [0, 0.05) is 23.8 Å². The molecule has 0 spiro atoms. The van der Waals surface area contributed by atoms with Crippen molar-refractivity contribution in [2.24, 2.45) is 0 Å². The van der Waals surface area contributed by atoms with E-state index in [4.69, 9.17) is 16.3 Å². The van der Waals surface area contributed by atoms with Crippen LogP contribution in [-0.4, -0.2) is 60.0 Å². The number of halogens is 1. The molecule has 1 fully saturated rings. The molecule has 0 bridgehead atoms. The minimum atomic E-state index is -3.82. The maximum atomic E-state index is 13.2. The van der Waals surface area contributed by atoms with Crippen LogP contribution in [0.5, 0.6) is 5.75 Å². The van der Waals surface area contributed by atoms with Gasteiger partial charge in [-0.2, -0.15) is 4.31 Å². The van der Waals surface area contributed by atoms with Gasteiger partial charge in [-0.1, -0.05) is 18.0 Å². The molecule has 9 nitrogen and oxygen atoms in total. The van der Waals surface area contributed by atoms with Crippen molar-refractivity contribution in [2.75, 3.05) is 42.6 Å². The van der Waals surface area contributed by atoms with Crippen LogP contribution >= 0.6 is 11.6 Å². The van der Waals surface area contributed by atoms with Crippen molar-refractivity contribution in [1.29, 1.82) is 0 Å². The predicted molar refractivity (Wildman–Crippen MR) is 133 cm³/mol. The summed E-state index contributed by atoms with van der Waals surface area (Å²) in [6, 6.07) is 8.98. The van der Waals surface area contributed by atoms with Gasteiger partial charge in [-0.15, -0.1) is 0 Å². The van der Waals surface area contributed by atoms with Crippen molar-refractivity contribution in [3.63, 3.8) is 0 Å². The summed E-state index contributed by atoms with van der Waals surface area (Å²) in [5.74, 6) is -0.468. The van der Waals surface area contributed by atoms with E-state index < -0.39 is 32.5 Å². The van der Waals surface area contributed by atoms with Crippen LogP contribution in [0.1, 0.15) is 24.8 Å². The van der Waals surface area contributed by atoms with E-state index in [0.717, 1.165) is 29.8 Å². The van der Waals surface area contributed by atoms with Gasteiger partial charge in [0.15, 0.2) is 0 Å². The first-order valence-corrected chi connectivity index (χ1v) is 14.3. The van der Waals surface area contributed by atoms with Gasteiger partial charge in [-0.25, -0.2) is 16.8 Å². The van der Waals surface area contributed by atoms with E-state index in [0.29, 0.717) is 29.4 Å². The summed E-state index contributed by atoms with van der Waals surface area (Å²) >= 11 is 5.97. The van der Waals surface area contributed by atoms with E-state index in [9.17, 15) is 21.6 Å². The van der Waals surface area contributed by atoms with E-state index in [1.807, 2.05) is 0 Å². The second-order valence-electron chi connectivity index (χ2n) is 8.08. The van der Waals surface area contributed by atoms with E-state index in [1.54, 1.807) is 19.1 Å². The molecule has 34 heavy (non-hydrogen) atoms. The molecular weight excluding hydrogens is 502 g/mol. The first-order valence-electron chi connectivity index (χ1n) is 10.7. The molecule has 0 unspecified atom stereocenters. The lowest BCUT2D eigenvalue weighted by molar-refractivity contribution is -0.114. The van der Waals surface area contributed by atoms with Gasteiger partial charge in [0.2, 0.25) is 26.0 Å². The SMILES string of the molecule is COc1ccc(NC(=O)CN(c2ccc(Cl)cc2C)S(C)(=O)=O)cc1S(=O)(=O)N1CCCCC1. The van der Waals surface area contributed by atoms with Crippen LogP contribution in [-0.2, 0) is 24.8 Å². The van der Waals surface area contributed by atoms with E-state index in [1.165, 1.54) is 35.7 Å². The molecule has 12 heteroatoms. The average Bonchev–Trinajstić information content (AvgIpc) is 2.78. The highest BCUT2D eigenvalue weighted by Gasteiger charge is 2.29. The van der Waals surface area contributed by atoms with Gasteiger partial charge >= 0.3 is 0 Å². The van der Waals surface area contributed by atoms with E-state index in [2.05, 4.69) is 5.32 Å². The molecule has 3 rings (SSSR count). The van der Waals surface area contributed by atoms with Crippen LogP contribution in [0.4, 0.5) is 11.4 Å². The first kappa shape index (κ1) is 26.3. The van der Waals surface area contributed by atoms with E-state index >= 15 is 0 Å². The van der Waals surface area contributed by atoms with Crippen LogP contribution in [0, 0.1) is 6.92 Å². The molecule has 1 saturated heterocycles. The summed E-state index contributed by atoms with van der Waals surface area (Å²) in [6.07, 6.45) is 3.54. The molecule has 2 aromatic carbocycles. The minimum absolute atomic E-state index is 0.0526. The number of hydrogen-bond donors (Lipinski definition) is 1. The first-order chi connectivity index (χ1) is 15.9. The van der Waals surface area contributed by atoms with Gasteiger partial charge < -0.3 is 10.1 Å². The third kappa shape index (κ3) is 6.01. The largest absolute Gasteiger partial charge is 0.495 e. The highest BCUT2D eigenvalue weighted by molar-refractivity contribution is 7.92. The molecule has 1 amide bonds. The Morgan fingerprint density at radius 2 is 1.76 bits per heavy atom. The van der Waals surface area contributed by atoms with E-state index in [-0.39, 0.29) is 16.3 Å². The van der Waals surface area contributed by atoms with Crippen molar-refractivity contribution in [1.82, 2.24) is 4.31 Å². The molecule has 186 valence electrons. The number of hydrogen-bond acceptors (Lipinski definition) is 6. The molecular formula is C22H28ClN3O6S2. The quantitative estimate of drug-likeness (QED) is 0.561. The lowest BCUT2D eigenvalue weighted by Gasteiger charge is -2.27. The number of carbonyl (C=O) groups is 1. The number of ether oxygens (including phenoxy) is 1. The van der Waals surface area contributed by atoms with Gasteiger partial charge in [-0.3, -0.25) is 9.10 Å². The molecule has 0 atom stereocenters. The number of carbonyl (C=O) groups excluding carboxylic acids is 1. The lowest BCUT2D eigenvalue weighted by Crippen LogP contribution is -2.38. The van der Waals surface area contributed by atoms with Gasteiger partial charge in [0.25, 0.3) is 0 Å². The predicted octanol–water partition coefficient (Wildman–Crippen LogP) is 3.24. The minimum Gasteiger partial charge on any atom is -0.495 e. The number of piperidine rings is 1. The van der Waals surface area contributed by atoms with Crippen LogP contribution < -0.4 is 14.4 Å². The molecule has 1 aliphatic heterocycles. The number of aryl methyl sites for hydroxylation is 1. The molecule has 1 heterocycles. The van der Waals surface area contributed by atoms with Gasteiger partial charge in [-0.05, 0) is 61.7 Å². The zero-order valence-corrected chi connectivity index (χ0v) is 21.6. The van der Waals surface area contributed by atoms with Crippen molar-refractivity contribution >= 4 is 48.9 Å². The molecule has 0 saturated carbocycles. The molecule has 1 N–H and O–H groups in total. The molecule has 0 aromatic heterocycles. The fourth-order valence-electron chi connectivity index (χ4n) is 3.81. The maximum Gasteiger partial charge on any atom is 0.246 e. The Bertz CT molecular complexity index is 1280. The molecule has 2 aromatic rings. The number of methoxy groups -OCH3 is 1. The Kier molecular flexibility index (Phi) is 8.12. The molecule has 0 radical (unpaired) electrons. The maximum absolute atomic E-state index is 13.2. The summed E-state index contributed by atoms with van der Waals surface area (Å²) < 4.78 is 58.9. The Labute approximate surface area is 205 Å². The Hall–Kier alpha value is -2.34. The average molecular weight is 530 g/mol. The summed E-state index contributed by atoms with van der Waals surface area (Å²) in [7, 11) is -6.24. The van der Waals surface area contributed by atoms with Crippen molar-refractivity contribution in [3.8, 4) is 5.75 Å². The van der Waals surface area contributed by atoms with Crippen molar-refractivity contribution in [3.05, 3.63) is 47.0 Å². The normalized spacial score (nSPS) is 15.1. The zero-order chi connectivity index (χ0) is 25.1. The van der Waals surface area contributed by atoms with Gasteiger partial charge in [0.05, 0.1) is 19.1 Å². The third-order valence-corrected chi connectivity index (χ3v) is 8.78. The highest BCUT2D eigenvalue weighted by atomic mass is 35.5. The molecule has 1 aliphatic rings. The van der Waals surface area contributed by atoms with Crippen molar-refractivity contribution < 1.29 is 26.4 Å². The zero-order valence-electron chi connectivity index (χ0n) is 19.2. The van der Waals surface area contributed by atoms with Crippen LogP contribution in [0.25, 0.3) is 0 Å². The summed E-state index contributed by atoms with van der Waals surface area (Å²) in [5.41, 5.74) is 1.12. The topological polar surface area (TPSA) is 113 Å². The van der Waals surface area contributed by atoms with Crippen LogP contribution in [0.2, 0.25) is 5.02 Å². The molecule has 0 aliphatic carbocycles. The number of amides is 1. The number of nitrogens with one attached hydrogen (secondary N) is 1. The van der Waals surface area contributed by atoms with Crippen LogP contribution in [0.15, 0.2) is 41.3 Å². The standard InChI is InChI=1S/C22H28ClN3O6S2/c1-16-13-17(23)7-9-19(16)26(33(3,28)29)15-22(27)24-18-8-10-20(32-2)21(14-18)34(30,31)25-11-5-4-6-12-25/h7-10,13-14H,4-6,11-12,15H2,1-3H3,(H,24,27). The number of benzene rings is 2. The summed E-state index contributed by atoms with van der Waals surface area (Å²) in [5, 5.41) is 3.05. The fourth-order valence-corrected chi connectivity index (χ4v) is 6.65. The summed E-state index contributed by atoms with van der Waals surface area (Å²) in [6.45, 7) is 2.04. The fraction of sp³-hybridized carbons (Fsp3) is 0.409. The Morgan fingerprint density at radius 3 is 2.35 bits per heavy atom. The Balaban J connectivity index is 1.87. The lowest BCUT2D eigenvalue weighted by atomic mass is 10.2. The van der Waals surface area contributed by atoms with Crippen molar-refractivity contribution in [2.45, 2.75) is 31.1 Å². The summed E-state index contributed by atoms with van der Waals surface area (Å²) in [4.78, 5) is 12.8. The second-order valence-corrected chi connectivity index (χ2v) is 12.3. The number of nitrogens with zero attached hydrogens (tertiary/aromatic N) is 2. The monoisotopic (exact) mass is 529 g/mol. The smallest absolute Gasteiger partial charge is 0.246 e. The number of sulfonamides is 2. The van der Waals surface area contributed by atoms with Gasteiger partial charge in [0.1, 0.15) is 17.2 Å². The Morgan fingerprint density at radius 1 is 1.09 bits per heavy atom. The second kappa shape index (κ2) is 10.5. The van der Waals surface area contributed by atoms with Crippen LogP contribution in [0.3, 0.4) is 0 Å². The highest BCUT2D eigenvalue weighted by Crippen LogP contribution is 2.31. The number of anilines is 2.